The van der Waals surface area contributed by atoms with Crippen LogP contribution >= 0.6 is 0 Å². The molecule has 0 fully saturated rings. The minimum Gasteiger partial charge on any atom is -0.294 e. The molecule has 0 unspecified atom stereocenters. The highest BCUT2D eigenvalue weighted by molar-refractivity contribution is 6.02. The van der Waals surface area contributed by atoms with Crippen LogP contribution in [0.5, 0.6) is 0 Å². The van der Waals surface area contributed by atoms with Crippen molar-refractivity contribution in [2.45, 2.75) is 32.1 Å². The monoisotopic (exact) mass is 250 g/mol. The van der Waals surface area contributed by atoms with Gasteiger partial charge in [-0.15, -0.1) is 0 Å². The maximum Gasteiger partial charge on any atom is 0.164 e. The molecule has 2 aromatic rings. The van der Waals surface area contributed by atoms with Gasteiger partial charge >= 0.3 is 0 Å². The van der Waals surface area contributed by atoms with Crippen molar-refractivity contribution in [2.75, 3.05) is 0 Å². The van der Waals surface area contributed by atoms with Crippen LogP contribution in [0.4, 0.5) is 0 Å². The first kappa shape index (κ1) is 12.2. The van der Waals surface area contributed by atoms with E-state index in [1.165, 1.54) is 16.7 Å². The Hall–Kier alpha value is -1.89. The summed E-state index contributed by atoms with van der Waals surface area (Å²) >= 11 is 0. The summed E-state index contributed by atoms with van der Waals surface area (Å²) < 4.78 is 0. The SMILES string of the molecule is CC1(C)CC(=O)c2cc(Cc3ccccc3)ccc21. The molecule has 0 N–H and O–H groups in total. The zero-order valence-corrected chi connectivity index (χ0v) is 11.4. The lowest BCUT2D eigenvalue weighted by atomic mass is 9.86. The van der Waals surface area contributed by atoms with Crippen LogP contribution in [0.25, 0.3) is 0 Å². The molecule has 1 aliphatic carbocycles. The van der Waals surface area contributed by atoms with Gasteiger partial charge in [0.1, 0.15) is 0 Å². The third-order valence-electron chi connectivity index (χ3n) is 3.97. The third-order valence-corrected chi connectivity index (χ3v) is 3.97. The molecule has 0 bridgehead atoms. The minimum absolute atomic E-state index is 0.00229. The predicted molar refractivity (Wildman–Crippen MR) is 77.7 cm³/mol. The Morgan fingerprint density at radius 2 is 1.74 bits per heavy atom. The number of carbonyl (C=O) groups is 1. The maximum absolute atomic E-state index is 12.1. The van der Waals surface area contributed by atoms with Gasteiger partial charge in [0.15, 0.2) is 5.78 Å². The molecule has 96 valence electrons. The zero-order chi connectivity index (χ0) is 13.5. The highest BCUT2D eigenvalue weighted by Crippen LogP contribution is 2.38. The average Bonchev–Trinajstić information content (AvgIpc) is 2.61. The second-order valence-electron chi connectivity index (χ2n) is 6.03. The molecule has 1 aliphatic rings. The second kappa shape index (κ2) is 4.34. The Kier molecular flexibility index (Phi) is 2.78. The van der Waals surface area contributed by atoms with E-state index in [1.807, 2.05) is 6.07 Å². The van der Waals surface area contributed by atoms with Gasteiger partial charge in [-0.3, -0.25) is 4.79 Å². The van der Waals surface area contributed by atoms with Crippen molar-refractivity contribution < 1.29 is 4.79 Å². The van der Waals surface area contributed by atoms with Crippen molar-refractivity contribution in [1.82, 2.24) is 0 Å². The molecule has 19 heavy (non-hydrogen) atoms. The summed E-state index contributed by atoms with van der Waals surface area (Å²) in [5, 5.41) is 0. The molecule has 0 amide bonds. The van der Waals surface area contributed by atoms with Crippen LogP contribution in [0, 0.1) is 0 Å². The lowest BCUT2D eigenvalue weighted by Crippen LogP contribution is -2.12. The van der Waals surface area contributed by atoms with Crippen molar-refractivity contribution in [2.24, 2.45) is 0 Å². The van der Waals surface area contributed by atoms with Crippen molar-refractivity contribution in [3.05, 3.63) is 70.8 Å². The van der Waals surface area contributed by atoms with Gasteiger partial charge in [0.2, 0.25) is 0 Å². The molecular formula is C18H18O. The van der Waals surface area contributed by atoms with Crippen LogP contribution < -0.4 is 0 Å². The van der Waals surface area contributed by atoms with Crippen molar-refractivity contribution in [3.8, 4) is 0 Å². The van der Waals surface area contributed by atoms with E-state index < -0.39 is 0 Å². The Morgan fingerprint density at radius 3 is 2.47 bits per heavy atom. The summed E-state index contributed by atoms with van der Waals surface area (Å²) in [6.07, 6.45) is 1.53. The van der Waals surface area contributed by atoms with E-state index in [2.05, 4.69) is 56.3 Å². The summed E-state index contributed by atoms with van der Waals surface area (Å²) in [6, 6.07) is 16.8. The van der Waals surface area contributed by atoms with Crippen LogP contribution in [-0.2, 0) is 11.8 Å². The largest absolute Gasteiger partial charge is 0.294 e. The molecule has 0 atom stereocenters. The Labute approximate surface area is 114 Å². The fraction of sp³-hybridized carbons (Fsp3) is 0.278. The molecule has 0 aliphatic heterocycles. The highest BCUT2D eigenvalue weighted by Gasteiger charge is 2.35. The topological polar surface area (TPSA) is 17.1 Å². The summed E-state index contributed by atoms with van der Waals surface area (Å²) in [6.45, 7) is 4.29. The van der Waals surface area contributed by atoms with Gasteiger partial charge in [0.25, 0.3) is 0 Å². The number of Topliss-reactive ketones (excluding diaryl/α,β-unsaturated/α-hetero) is 1. The minimum atomic E-state index is -0.00229. The van der Waals surface area contributed by atoms with Gasteiger partial charge in [-0.2, -0.15) is 0 Å². The van der Waals surface area contributed by atoms with E-state index in [0.717, 1.165) is 12.0 Å². The fourth-order valence-corrected chi connectivity index (χ4v) is 2.95. The first-order valence-electron chi connectivity index (χ1n) is 6.77. The van der Waals surface area contributed by atoms with E-state index >= 15 is 0 Å². The van der Waals surface area contributed by atoms with Gasteiger partial charge in [0.05, 0.1) is 0 Å². The first-order chi connectivity index (χ1) is 9.06. The number of carbonyl (C=O) groups excluding carboxylic acids is 1. The van der Waals surface area contributed by atoms with E-state index in [1.54, 1.807) is 0 Å². The molecule has 0 spiro atoms. The molecule has 0 heterocycles. The molecule has 0 saturated heterocycles. The molecule has 3 rings (SSSR count). The molecule has 0 aromatic heterocycles. The molecule has 1 heteroatoms. The van der Waals surface area contributed by atoms with Crippen molar-refractivity contribution in [3.63, 3.8) is 0 Å². The number of fused-ring (bicyclic) bond motifs is 1. The van der Waals surface area contributed by atoms with E-state index in [-0.39, 0.29) is 11.2 Å². The maximum atomic E-state index is 12.1. The lowest BCUT2D eigenvalue weighted by Gasteiger charge is -2.17. The third kappa shape index (κ3) is 2.21. The van der Waals surface area contributed by atoms with Gasteiger partial charge in [-0.1, -0.05) is 56.3 Å². The molecular weight excluding hydrogens is 232 g/mol. The number of benzene rings is 2. The Morgan fingerprint density at radius 1 is 1.00 bits per heavy atom. The van der Waals surface area contributed by atoms with E-state index in [4.69, 9.17) is 0 Å². The number of hydrogen-bond donors (Lipinski definition) is 0. The van der Waals surface area contributed by atoms with E-state index in [9.17, 15) is 4.79 Å². The van der Waals surface area contributed by atoms with Crippen molar-refractivity contribution in [1.29, 1.82) is 0 Å². The smallest absolute Gasteiger partial charge is 0.164 e. The number of hydrogen-bond acceptors (Lipinski definition) is 1. The molecule has 1 nitrogen and oxygen atoms in total. The average molecular weight is 250 g/mol. The summed E-state index contributed by atoms with van der Waals surface area (Å²) in [5.41, 5.74) is 4.63. The Bertz CT molecular complexity index is 623. The van der Waals surface area contributed by atoms with E-state index in [0.29, 0.717) is 6.42 Å². The van der Waals surface area contributed by atoms with Gasteiger partial charge < -0.3 is 0 Å². The summed E-state index contributed by atoms with van der Waals surface area (Å²) in [7, 11) is 0. The van der Waals surface area contributed by atoms with Gasteiger partial charge in [-0.05, 0) is 34.6 Å². The standard InChI is InChI=1S/C18H18O/c1-18(2)12-17(19)15-11-14(8-9-16(15)18)10-13-6-4-3-5-7-13/h3-9,11H,10,12H2,1-2H3. The normalized spacial score (nSPS) is 16.4. The molecule has 2 aromatic carbocycles. The second-order valence-corrected chi connectivity index (χ2v) is 6.03. The number of rotatable bonds is 2. The van der Waals surface area contributed by atoms with Crippen LogP contribution in [-0.4, -0.2) is 5.78 Å². The molecule has 0 saturated carbocycles. The van der Waals surface area contributed by atoms with Crippen LogP contribution in [0.3, 0.4) is 0 Å². The summed E-state index contributed by atoms with van der Waals surface area (Å²) in [4.78, 5) is 12.1. The van der Waals surface area contributed by atoms with Crippen LogP contribution in [0.2, 0.25) is 0 Å². The lowest BCUT2D eigenvalue weighted by molar-refractivity contribution is 0.0979. The molecule has 0 radical (unpaired) electrons. The van der Waals surface area contributed by atoms with Gasteiger partial charge in [0, 0.05) is 12.0 Å². The number of ketones is 1. The summed E-state index contributed by atoms with van der Waals surface area (Å²) in [5.74, 6) is 0.287. The highest BCUT2D eigenvalue weighted by atomic mass is 16.1. The fourth-order valence-electron chi connectivity index (χ4n) is 2.95. The van der Waals surface area contributed by atoms with Gasteiger partial charge in [-0.25, -0.2) is 0 Å². The first-order valence-corrected chi connectivity index (χ1v) is 6.77. The van der Waals surface area contributed by atoms with Crippen LogP contribution in [0.1, 0.15) is 47.3 Å². The predicted octanol–water partition coefficient (Wildman–Crippen LogP) is 4.14. The zero-order valence-electron chi connectivity index (χ0n) is 11.4. The Balaban J connectivity index is 1.95. The van der Waals surface area contributed by atoms with Crippen LogP contribution in [0.15, 0.2) is 48.5 Å². The quantitative estimate of drug-likeness (QED) is 0.782. The van der Waals surface area contributed by atoms with Crippen molar-refractivity contribution >= 4 is 5.78 Å².